The molecule has 9 nitrogen and oxygen atoms in total. The Morgan fingerprint density at radius 2 is 1.67 bits per heavy atom. The maximum absolute atomic E-state index is 13.5. The predicted octanol–water partition coefficient (Wildman–Crippen LogP) is 3.09. The summed E-state index contributed by atoms with van der Waals surface area (Å²) in [5.41, 5.74) is 2.41. The van der Waals surface area contributed by atoms with Gasteiger partial charge in [-0.3, -0.25) is 4.79 Å². The monoisotopic (exact) mass is 526 g/mol. The SMILES string of the molecule is COc1ccc(N2C(c3cccc(OC)c3)=CS/C2=C(/C#N)C(=O)N2CCN(S(C)(=O)=O)CC2)cc1. The Kier molecular flexibility index (Phi) is 7.59. The lowest BCUT2D eigenvalue weighted by Crippen LogP contribution is -2.50. The number of carbonyl (C=O) groups is 1. The quantitative estimate of drug-likeness (QED) is 0.418. The van der Waals surface area contributed by atoms with E-state index in [4.69, 9.17) is 9.47 Å². The zero-order chi connectivity index (χ0) is 25.9. The van der Waals surface area contributed by atoms with Crippen LogP contribution in [0.4, 0.5) is 5.69 Å². The number of nitriles is 1. The first kappa shape index (κ1) is 25.6. The smallest absolute Gasteiger partial charge is 0.267 e. The molecule has 36 heavy (non-hydrogen) atoms. The van der Waals surface area contributed by atoms with E-state index >= 15 is 0 Å². The van der Waals surface area contributed by atoms with Gasteiger partial charge in [0.15, 0.2) is 0 Å². The van der Waals surface area contributed by atoms with Gasteiger partial charge in [-0.2, -0.15) is 9.57 Å². The minimum Gasteiger partial charge on any atom is -0.497 e. The minimum absolute atomic E-state index is 0.00207. The molecule has 0 atom stereocenters. The Labute approximate surface area is 215 Å². The molecule has 2 aromatic carbocycles. The number of amides is 1. The first-order chi connectivity index (χ1) is 17.3. The van der Waals surface area contributed by atoms with Crippen molar-refractivity contribution >= 4 is 39.1 Å². The Hall–Kier alpha value is -3.46. The highest BCUT2D eigenvalue weighted by molar-refractivity contribution is 8.06. The highest BCUT2D eigenvalue weighted by Crippen LogP contribution is 2.45. The van der Waals surface area contributed by atoms with Gasteiger partial charge in [0.1, 0.15) is 28.2 Å². The van der Waals surface area contributed by atoms with Crippen LogP contribution in [-0.2, 0) is 14.8 Å². The molecule has 0 N–H and O–H groups in total. The number of sulfonamides is 1. The number of methoxy groups -OCH3 is 2. The molecule has 0 bridgehead atoms. The fraction of sp³-hybridized carbons (Fsp3) is 0.280. The molecule has 2 aromatic rings. The van der Waals surface area contributed by atoms with Crippen molar-refractivity contribution in [2.45, 2.75) is 0 Å². The molecule has 188 valence electrons. The largest absolute Gasteiger partial charge is 0.497 e. The van der Waals surface area contributed by atoms with Gasteiger partial charge in [-0.15, -0.1) is 0 Å². The van der Waals surface area contributed by atoms with E-state index in [-0.39, 0.29) is 31.8 Å². The van der Waals surface area contributed by atoms with E-state index in [0.717, 1.165) is 23.2 Å². The van der Waals surface area contributed by atoms with E-state index in [2.05, 4.69) is 6.07 Å². The number of benzene rings is 2. The van der Waals surface area contributed by atoms with Crippen LogP contribution in [0.1, 0.15) is 5.56 Å². The lowest BCUT2D eigenvalue weighted by molar-refractivity contribution is -0.127. The Morgan fingerprint density at radius 3 is 2.25 bits per heavy atom. The summed E-state index contributed by atoms with van der Waals surface area (Å²) >= 11 is 1.30. The number of hydrogen-bond donors (Lipinski definition) is 0. The third kappa shape index (κ3) is 5.21. The first-order valence-electron chi connectivity index (χ1n) is 11.1. The summed E-state index contributed by atoms with van der Waals surface area (Å²) in [6.45, 7) is 0.823. The van der Waals surface area contributed by atoms with Crippen LogP contribution < -0.4 is 14.4 Å². The second kappa shape index (κ2) is 10.7. The van der Waals surface area contributed by atoms with Crippen LogP contribution in [0.25, 0.3) is 5.70 Å². The molecule has 2 aliphatic rings. The van der Waals surface area contributed by atoms with Crippen molar-refractivity contribution in [3.05, 3.63) is 70.1 Å². The highest BCUT2D eigenvalue weighted by Gasteiger charge is 2.34. The van der Waals surface area contributed by atoms with Gasteiger partial charge in [-0.25, -0.2) is 8.42 Å². The van der Waals surface area contributed by atoms with Gasteiger partial charge in [0.25, 0.3) is 5.91 Å². The number of rotatable bonds is 6. The van der Waals surface area contributed by atoms with Crippen molar-refractivity contribution in [2.75, 3.05) is 51.6 Å². The van der Waals surface area contributed by atoms with Crippen LogP contribution >= 0.6 is 11.8 Å². The summed E-state index contributed by atoms with van der Waals surface area (Å²) in [6, 6.07) is 17.0. The number of nitrogens with zero attached hydrogens (tertiary/aromatic N) is 4. The molecule has 11 heteroatoms. The van der Waals surface area contributed by atoms with Crippen LogP contribution in [0, 0.1) is 11.3 Å². The molecule has 2 aliphatic heterocycles. The molecule has 0 radical (unpaired) electrons. The van der Waals surface area contributed by atoms with Gasteiger partial charge in [-0.05, 0) is 36.4 Å². The topological polar surface area (TPSA) is 103 Å². The number of thioether (sulfide) groups is 1. The van der Waals surface area contributed by atoms with E-state index < -0.39 is 15.9 Å². The zero-order valence-electron chi connectivity index (χ0n) is 20.2. The molecular formula is C25H26N4O5S2. The van der Waals surface area contributed by atoms with Crippen LogP contribution in [-0.4, -0.2) is 70.2 Å². The second-order valence-electron chi connectivity index (χ2n) is 8.13. The highest BCUT2D eigenvalue weighted by atomic mass is 32.2. The molecule has 2 heterocycles. The van der Waals surface area contributed by atoms with Gasteiger partial charge in [0.05, 0.1) is 26.2 Å². The number of carbonyl (C=O) groups excluding carboxylic acids is 1. The van der Waals surface area contributed by atoms with E-state index in [1.807, 2.05) is 58.8 Å². The average Bonchev–Trinajstić information content (AvgIpc) is 3.33. The van der Waals surface area contributed by atoms with Crippen molar-refractivity contribution in [1.82, 2.24) is 9.21 Å². The third-order valence-electron chi connectivity index (χ3n) is 5.96. The standard InChI is InChI=1S/C25H26N4O5S2/c1-33-20-9-7-19(8-10-20)29-23(18-5-4-6-21(15-18)34-2)17-35-25(29)22(16-26)24(30)27-11-13-28(14-12-27)36(3,31)32/h4-10,15,17H,11-14H2,1-3H3/b25-22-. The van der Waals surface area contributed by atoms with E-state index in [1.165, 1.54) is 21.0 Å². The van der Waals surface area contributed by atoms with Crippen LogP contribution in [0.5, 0.6) is 11.5 Å². The zero-order valence-corrected chi connectivity index (χ0v) is 21.8. The lowest BCUT2D eigenvalue weighted by Gasteiger charge is -2.33. The summed E-state index contributed by atoms with van der Waals surface area (Å²) in [7, 11) is -0.150. The second-order valence-corrected chi connectivity index (χ2v) is 11.0. The normalized spacial score (nSPS) is 17.9. The number of ether oxygens (including phenoxy) is 2. The molecule has 1 saturated heterocycles. The summed E-state index contributed by atoms with van der Waals surface area (Å²) in [5.74, 6) is 0.946. The lowest BCUT2D eigenvalue weighted by atomic mass is 10.1. The van der Waals surface area contributed by atoms with Crippen molar-refractivity contribution in [3.63, 3.8) is 0 Å². The van der Waals surface area contributed by atoms with Crippen LogP contribution in [0.15, 0.2) is 64.5 Å². The van der Waals surface area contributed by atoms with Crippen LogP contribution in [0.2, 0.25) is 0 Å². The van der Waals surface area contributed by atoms with E-state index in [0.29, 0.717) is 16.5 Å². The summed E-state index contributed by atoms with van der Waals surface area (Å²) in [6.07, 6.45) is 1.15. The van der Waals surface area contributed by atoms with Gasteiger partial charge in [-0.1, -0.05) is 23.9 Å². The Bertz CT molecular complexity index is 1360. The maximum Gasteiger partial charge on any atom is 0.267 e. The summed E-state index contributed by atoms with van der Waals surface area (Å²) in [5, 5.41) is 12.5. The molecule has 0 spiro atoms. The van der Waals surface area contributed by atoms with Crippen molar-refractivity contribution in [1.29, 1.82) is 5.26 Å². The van der Waals surface area contributed by atoms with Crippen molar-refractivity contribution in [2.24, 2.45) is 0 Å². The molecule has 0 aromatic heterocycles. The molecule has 1 amide bonds. The fourth-order valence-corrected chi connectivity index (χ4v) is 5.88. The fourth-order valence-electron chi connectivity index (χ4n) is 4.03. The first-order valence-corrected chi connectivity index (χ1v) is 13.8. The van der Waals surface area contributed by atoms with Crippen LogP contribution in [0.3, 0.4) is 0 Å². The average molecular weight is 527 g/mol. The summed E-state index contributed by atoms with van der Waals surface area (Å²) < 4.78 is 35.7. The van der Waals surface area contributed by atoms with E-state index in [9.17, 15) is 18.5 Å². The molecule has 0 aliphatic carbocycles. The Balaban J connectivity index is 1.72. The molecule has 0 unspecified atom stereocenters. The van der Waals surface area contributed by atoms with Crippen molar-refractivity contribution in [3.8, 4) is 17.6 Å². The van der Waals surface area contributed by atoms with Gasteiger partial charge in [0.2, 0.25) is 10.0 Å². The van der Waals surface area contributed by atoms with E-state index in [1.54, 1.807) is 14.2 Å². The molecule has 0 saturated carbocycles. The van der Waals surface area contributed by atoms with Gasteiger partial charge < -0.3 is 19.3 Å². The van der Waals surface area contributed by atoms with Gasteiger partial charge in [0, 0.05) is 42.8 Å². The molecule has 4 rings (SSSR count). The molecular weight excluding hydrogens is 500 g/mol. The maximum atomic E-state index is 13.5. The predicted molar refractivity (Wildman–Crippen MR) is 140 cm³/mol. The number of hydrogen-bond acceptors (Lipinski definition) is 8. The summed E-state index contributed by atoms with van der Waals surface area (Å²) in [4.78, 5) is 16.9. The van der Waals surface area contributed by atoms with Gasteiger partial charge >= 0.3 is 0 Å². The number of anilines is 1. The third-order valence-corrected chi connectivity index (χ3v) is 8.21. The molecule has 1 fully saturated rings. The Morgan fingerprint density at radius 1 is 1.00 bits per heavy atom. The minimum atomic E-state index is -3.33. The van der Waals surface area contributed by atoms with Crippen molar-refractivity contribution < 1.29 is 22.7 Å². The number of piperazine rings is 1.